The molecule has 0 saturated carbocycles. The number of ether oxygens (including phenoxy) is 2. The number of imide groups is 1. The third-order valence-corrected chi connectivity index (χ3v) is 9.35. The van der Waals surface area contributed by atoms with Gasteiger partial charge in [0.05, 0.1) is 12.6 Å². The first-order valence-corrected chi connectivity index (χ1v) is 15.9. The standard InChI is InChI=1S/C36H38N3O5/c1-3-37-15-5-7-24-17-28-32(19-30(24)37)44-33-20-31-25(8-6-16-38(31)4-2)18-29(33)36(28)23-9-11-27(12-10-23)43-22-26(40)21-39-34(41)13-14-35(39)42/h9-12,17-20H,3-8,13-16,21-22H2,1-2H3/q+1. The summed E-state index contributed by atoms with van der Waals surface area (Å²) in [5.74, 6) is 1.41. The molecule has 0 spiro atoms. The summed E-state index contributed by atoms with van der Waals surface area (Å²) in [6.07, 6.45) is 4.71. The molecule has 8 heteroatoms. The van der Waals surface area contributed by atoms with E-state index in [1.165, 1.54) is 22.2 Å². The van der Waals surface area contributed by atoms with Gasteiger partial charge in [-0.3, -0.25) is 19.3 Å². The van der Waals surface area contributed by atoms with Crippen molar-refractivity contribution in [3.05, 3.63) is 81.4 Å². The summed E-state index contributed by atoms with van der Waals surface area (Å²) in [5, 5.41) is 2.36. The van der Waals surface area contributed by atoms with Crippen LogP contribution in [0.5, 0.6) is 17.2 Å². The fourth-order valence-electron chi connectivity index (χ4n) is 7.07. The zero-order valence-electron chi connectivity index (χ0n) is 25.5. The van der Waals surface area contributed by atoms with Crippen LogP contribution in [-0.2, 0) is 27.2 Å². The number of amides is 2. The van der Waals surface area contributed by atoms with Gasteiger partial charge in [-0.05, 0) is 68.5 Å². The van der Waals surface area contributed by atoms with Gasteiger partial charge in [0.2, 0.25) is 17.2 Å². The van der Waals surface area contributed by atoms with Crippen molar-refractivity contribution < 1.29 is 23.9 Å². The third-order valence-electron chi connectivity index (χ3n) is 9.35. The van der Waals surface area contributed by atoms with Crippen molar-refractivity contribution in [2.24, 2.45) is 0 Å². The van der Waals surface area contributed by atoms with Crippen molar-refractivity contribution in [3.63, 3.8) is 0 Å². The molecule has 3 aromatic carbocycles. The van der Waals surface area contributed by atoms with Gasteiger partial charge in [-0.25, -0.2) is 4.58 Å². The molecule has 4 aliphatic heterocycles. The second-order valence-electron chi connectivity index (χ2n) is 12.0. The lowest BCUT2D eigenvalue weighted by Gasteiger charge is -2.32. The van der Waals surface area contributed by atoms with E-state index in [1.807, 2.05) is 24.3 Å². The maximum Gasteiger partial charge on any atom is 0.230 e. The van der Waals surface area contributed by atoms with Crippen LogP contribution in [0, 0.1) is 0 Å². The molecular weight excluding hydrogens is 554 g/mol. The van der Waals surface area contributed by atoms with Crippen molar-refractivity contribution >= 4 is 28.9 Å². The second kappa shape index (κ2) is 11.6. The molecule has 1 saturated heterocycles. The molecule has 4 heterocycles. The van der Waals surface area contributed by atoms with Crippen LogP contribution in [0.1, 0.15) is 61.8 Å². The first-order chi connectivity index (χ1) is 21.4. The zero-order chi connectivity index (χ0) is 30.4. The molecule has 0 aromatic heterocycles. The van der Waals surface area contributed by atoms with Crippen LogP contribution >= 0.6 is 0 Å². The number of aryl methyl sites for hydroxylation is 2. The molecular formula is C36H38N3O5+. The Morgan fingerprint density at radius 2 is 1.68 bits per heavy atom. The van der Waals surface area contributed by atoms with Gasteiger partial charge in [-0.2, -0.15) is 0 Å². The number of hydrogen-bond acceptors (Lipinski definition) is 6. The molecule has 0 unspecified atom stereocenters. The molecule has 0 bridgehead atoms. The number of Topliss-reactive ketones (excluding diaryl/α,β-unsaturated/α-hetero) is 1. The van der Waals surface area contributed by atoms with E-state index >= 15 is 0 Å². The summed E-state index contributed by atoms with van der Waals surface area (Å²) in [5.41, 5.74) is 7.26. The van der Waals surface area contributed by atoms with Crippen LogP contribution < -0.4 is 29.5 Å². The highest BCUT2D eigenvalue weighted by Crippen LogP contribution is 2.42. The summed E-state index contributed by atoms with van der Waals surface area (Å²) in [4.78, 5) is 39.7. The van der Waals surface area contributed by atoms with Gasteiger partial charge in [0, 0.05) is 66.0 Å². The quantitative estimate of drug-likeness (QED) is 0.231. The second-order valence-corrected chi connectivity index (χ2v) is 12.0. The summed E-state index contributed by atoms with van der Waals surface area (Å²) in [6.45, 7) is 8.02. The van der Waals surface area contributed by atoms with E-state index in [0.29, 0.717) is 5.75 Å². The Morgan fingerprint density at radius 1 is 0.909 bits per heavy atom. The number of nitrogens with zero attached hydrogens (tertiary/aromatic N) is 3. The minimum Gasteiger partial charge on any atom is -0.486 e. The maximum atomic E-state index is 12.5. The predicted octanol–water partition coefficient (Wildman–Crippen LogP) is 3.37. The lowest BCUT2D eigenvalue weighted by molar-refractivity contribution is -0.142. The van der Waals surface area contributed by atoms with Gasteiger partial charge in [-0.15, -0.1) is 0 Å². The maximum absolute atomic E-state index is 12.5. The molecule has 44 heavy (non-hydrogen) atoms. The Balaban J connectivity index is 1.26. The normalized spacial score (nSPS) is 17.1. The molecule has 0 radical (unpaired) electrons. The molecule has 4 aliphatic rings. The summed E-state index contributed by atoms with van der Waals surface area (Å²) >= 11 is 0. The molecule has 7 rings (SSSR count). The Labute approximate surface area is 257 Å². The number of likely N-dealkylation sites (tertiary alicyclic amines) is 1. The minimum atomic E-state index is -0.309. The molecule has 0 atom stereocenters. The number of anilines is 1. The van der Waals surface area contributed by atoms with Crippen LogP contribution in [0.15, 0.2) is 48.5 Å². The number of ketones is 1. The molecule has 2 amide bonds. The van der Waals surface area contributed by atoms with Gasteiger partial charge in [0.15, 0.2) is 5.78 Å². The van der Waals surface area contributed by atoms with E-state index in [1.54, 1.807) is 0 Å². The van der Waals surface area contributed by atoms with E-state index in [2.05, 4.69) is 47.6 Å². The fraction of sp³-hybridized carbons (Fsp3) is 0.389. The van der Waals surface area contributed by atoms with Gasteiger partial charge in [0.25, 0.3) is 0 Å². The Kier molecular flexibility index (Phi) is 7.44. The lowest BCUT2D eigenvalue weighted by Crippen LogP contribution is -2.39. The first kappa shape index (κ1) is 28.3. The van der Waals surface area contributed by atoms with Crippen molar-refractivity contribution in [2.45, 2.75) is 52.4 Å². The summed E-state index contributed by atoms with van der Waals surface area (Å²) < 4.78 is 14.9. The highest BCUT2D eigenvalue weighted by molar-refractivity contribution is 6.04. The Morgan fingerprint density at radius 3 is 2.43 bits per heavy atom. The van der Waals surface area contributed by atoms with E-state index in [4.69, 9.17) is 9.47 Å². The summed E-state index contributed by atoms with van der Waals surface area (Å²) in [6, 6.07) is 16.9. The molecule has 226 valence electrons. The predicted molar refractivity (Wildman–Crippen MR) is 168 cm³/mol. The molecule has 3 aromatic rings. The minimum absolute atomic E-state index is 0.171. The van der Waals surface area contributed by atoms with Crippen LogP contribution in [-0.4, -0.2) is 61.8 Å². The van der Waals surface area contributed by atoms with Crippen LogP contribution in [0.4, 0.5) is 5.69 Å². The van der Waals surface area contributed by atoms with E-state index in [9.17, 15) is 14.4 Å². The van der Waals surface area contributed by atoms with E-state index in [0.717, 1.165) is 90.2 Å². The van der Waals surface area contributed by atoms with E-state index < -0.39 is 0 Å². The van der Waals surface area contributed by atoms with Gasteiger partial charge in [0.1, 0.15) is 36.9 Å². The smallest absolute Gasteiger partial charge is 0.230 e. The van der Waals surface area contributed by atoms with E-state index in [-0.39, 0.29) is 43.6 Å². The lowest BCUT2D eigenvalue weighted by atomic mass is 9.88. The number of hydrogen-bond donors (Lipinski definition) is 0. The zero-order valence-corrected chi connectivity index (χ0v) is 25.5. The number of rotatable bonds is 8. The van der Waals surface area contributed by atoms with Crippen molar-refractivity contribution in [2.75, 3.05) is 44.2 Å². The average Bonchev–Trinajstić information content (AvgIpc) is 3.36. The number of carbonyl (C=O) groups is 3. The van der Waals surface area contributed by atoms with Crippen molar-refractivity contribution in [1.82, 2.24) is 9.48 Å². The Bertz CT molecular complexity index is 1790. The topological polar surface area (TPSA) is 79.2 Å². The first-order valence-electron chi connectivity index (χ1n) is 15.9. The van der Waals surface area contributed by atoms with Crippen LogP contribution in [0.25, 0.3) is 5.57 Å². The number of fused-ring (bicyclic) bond motifs is 4. The van der Waals surface area contributed by atoms with Crippen LogP contribution in [0.3, 0.4) is 0 Å². The molecule has 8 nitrogen and oxygen atoms in total. The molecule has 0 N–H and O–H groups in total. The van der Waals surface area contributed by atoms with Crippen LogP contribution in [0.2, 0.25) is 0 Å². The molecule has 1 fully saturated rings. The monoisotopic (exact) mass is 592 g/mol. The van der Waals surface area contributed by atoms with Gasteiger partial charge in [-0.1, -0.05) is 12.1 Å². The fourth-order valence-corrected chi connectivity index (χ4v) is 7.07. The van der Waals surface area contributed by atoms with Gasteiger partial charge >= 0.3 is 0 Å². The SMILES string of the molecule is CCN1CCCc2cc3c(cc21)Oc1cc2c(cc1=C3c1ccc(OCC(=O)CN3C(=O)CCC3=O)cc1)CCC[N+]=2CC. The number of carbonyl (C=O) groups excluding carboxylic acids is 3. The number of benzene rings is 3. The highest BCUT2D eigenvalue weighted by Gasteiger charge is 2.31. The Hall–Kier alpha value is -4.46. The highest BCUT2D eigenvalue weighted by atomic mass is 16.5. The van der Waals surface area contributed by atoms with Crippen molar-refractivity contribution in [3.8, 4) is 17.2 Å². The van der Waals surface area contributed by atoms with Gasteiger partial charge < -0.3 is 14.4 Å². The third kappa shape index (κ3) is 5.06. The summed E-state index contributed by atoms with van der Waals surface area (Å²) in [7, 11) is 0. The molecule has 0 aliphatic carbocycles. The largest absolute Gasteiger partial charge is 0.486 e. The van der Waals surface area contributed by atoms with Crippen molar-refractivity contribution in [1.29, 1.82) is 0 Å². The average molecular weight is 593 g/mol.